The summed E-state index contributed by atoms with van der Waals surface area (Å²) in [5.41, 5.74) is 0. The van der Waals surface area contributed by atoms with Crippen molar-refractivity contribution in [3.05, 3.63) is 122 Å². The van der Waals surface area contributed by atoms with Gasteiger partial charge in [0.05, 0.1) is 13.2 Å². The summed E-state index contributed by atoms with van der Waals surface area (Å²) in [7, 11) is -4.79. The molecule has 3 unspecified atom stereocenters. The van der Waals surface area contributed by atoms with Crippen molar-refractivity contribution < 1.29 is 47.8 Å². The number of amides is 1. The minimum atomic E-state index is -4.79. The van der Waals surface area contributed by atoms with Crippen molar-refractivity contribution in [3.8, 4) is 0 Å². The maximum atomic E-state index is 12.4. The van der Waals surface area contributed by atoms with Crippen LogP contribution in [0.25, 0.3) is 0 Å². The molecule has 3 atom stereocenters. The van der Waals surface area contributed by atoms with E-state index in [2.05, 4.69) is 129 Å². The fraction of sp³-hybridized carbons (Fsp3) is 0.603. The van der Waals surface area contributed by atoms with E-state index in [-0.39, 0.29) is 12.8 Å². The molecule has 0 rings (SSSR count). The summed E-state index contributed by atoms with van der Waals surface area (Å²) >= 11 is 0. The van der Waals surface area contributed by atoms with Crippen LogP contribution in [0.3, 0.4) is 0 Å². The maximum absolute atomic E-state index is 12.4. The van der Waals surface area contributed by atoms with Crippen molar-refractivity contribution in [1.29, 1.82) is 0 Å². The number of ether oxygens (including phenoxy) is 1. The number of aliphatic hydroxyl groups is 1. The van der Waals surface area contributed by atoms with Crippen LogP contribution in [0.2, 0.25) is 0 Å². The molecule has 0 heterocycles. The first-order valence-corrected chi connectivity index (χ1v) is 28.1. The van der Waals surface area contributed by atoms with Gasteiger partial charge in [0.25, 0.3) is 0 Å². The number of unbranched alkanes of at least 4 members (excludes halogenated alkanes) is 14. The quantitative estimate of drug-likeness (QED) is 0.0199. The standard InChI is InChI=1S/C58H94NO10P/c1-3-5-7-9-11-13-15-17-19-21-23-25-27-29-31-33-35-37-39-41-43-45-47-49-56(61)59-55(58(63)64)53-69-70(65,66)68-52-54(60)51-67-57(62)50-48-46-44-42-40-38-36-34-32-30-28-26-24-22-20-18-16-14-12-10-8-6-4-2/h5,7,11-14,17-20,23-26,29,31,35,37,41,43,54-55,60H,3-4,6,8-10,15-16,21-22,27-28,30,32-34,36,38-40,42,44-53H2,1-2H3,(H,59,61)(H,63,64)(H,65,66)/b7-5-,13-11-,14-12-,19-17-,20-18-,25-23-,26-24-,31-29-,37-35-,43-41-. The average Bonchev–Trinajstić information content (AvgIpc) is 3.34. The molecule has 0 aliphatic carbocycles. The first-order chi connectivity index (χ1) is 34.1. The first-order valence-electron chi connectivity index (χ1n) is 26.6. The summed E-state index contributed by atoms with van der Waals surface area (Å²) in [4.78, 5) is 46.2. The first kappa shape index (κ1) is 65.9. The fourth-order valence-corrected chi connectivity index (χ4v) is 7.44. The highest BCUT2D eigenvalue weighted by Gasteiger charge is 2.28. The van der Waals surface area contributed by atoms with E-state index >= 15 is 0 Å². The largest absolute Gasteiger partial charge is 0.480 e. The van der Waals surface area contributed by atoms with E-state index in [9.17, 15) is 34.1 Å². The van der Waals surface area contributed by atoms with E-state index in [1.807, 2.05) is 12.2 Å². The van der Waals surface area contributed by atoms with E-state index < -0.39 is 57.6 Å². The minimum absolute atomic E-state index is 0.0579. The van der Waals surface area contributed by atoms with Crippen LogP contribution in [-0.2, 0) is 32.7 Å². The average molecular weight is 996 g/mol. The zero-order valence-electron chi connectivity index (χ0n) is 43.3. The van der Waals surface area contributed by atoms with Crippen LogP contribution < -0.4 is 5.32 Å². The van der Waals surface area contributed by atoms with Crippen LogP contribution in [0.1, 0.15) is 194 Å². The third kappa shape index (κ3) is 50.3. The molecule has 0 aromatic heterocycles. The molecule has 0 aromatic carbocycles. The van der Waals surface area contributed by atoms with E-state index in [0.29, 0.717) is 19.3 Å². The van der Waals surface area contributed by atoms with Gasteiger partial charge in [0, 0.05) is 12.8 Å². The number of aliphatic carboxylic acids is 1. The Hall–Kier alpha value is -4.12. The van der Waals surface area contributed by atoms with Gasteiger partial charge in [-0.25, -0.2) is 9.36 Å². The monoisotopic (exact) mass is 996 g/mol. The second-order valence-corrected chi connectivity index (χ2v) is 18.8. The molecule has 0 aromatic rings. The molecule has 0 spiro atoms. The summed E-state index contributed by atoms with van der Waals surface area (Å²) in [6, 6.07) is -1.59. The van der Waals surface area contributed by atoms with E-state index in [0.717, 1.165) is 83.5 Å². The summed E-state index contributed by atoms with van der Waals surface area (Å²) in [6.45, 7) is 2.41. The van der Waals surface area contributed by atoms with Crippen LogP contribution in [0.15, 0.2) is 122 Å². The second-order valence-electron chi connectivity index (χ2n) is 17.3. The van der Waals surface area contributed by atoms with E-state index in [4.69, 9.17) is 13.8 Å². The lowest BCUT2D eigenvalue weighted by Gasteiger charge is -2.18. The van der Waals surface area contributed by atoms with Crippen molar-refractivity contribution in [2.24, 2.45) is 0 Å². The molecule has 70 heavy (non-hydrogen) atoms. The lowest BCUT2D eigenvalue weighted by molar-refractivity contribution is -0.147. The Morgan fingerprint density at radius 2 is 0.843 bits per heavy atom. The Morgan fingerprint density at radius 3 is 1.27 bits per heavy atom. The van der Waals surface area contributed by atoms with Crippen molar-refractivity contribution in [1.82, 2.24) is 5.32 Å². The van der Waals surface area contributed by atoms with Gasteiger partial charge in [0.1, 0.15) is 12.7 Å². The van der Waals surface area contributed by atoms with E-state index in [1.54, 1.807) is 0 Å². The molecular formula is C58H94NO10P. The number of carbonyl (C=O) groups is 3. The molecule has 396 valence electrons. The van der Waals surface area contributed by atoms with Gasteiger partial charge in [-0.15, -0.1) is 0 Å². The number of esters is 1. The number of aliphatic hydroxyl groups excluding tert-OH is 1. The Kier molecular flexibility index (Phi) is 48.2. The molecule has 0 aliphatic heterocycles. The number of carboxylic acid groups (broad SMARTS) is 1. The smallest absolute Gasteiger partial charge is 0.472 e. The Labute approximate surface area is 424 Å². The highest BCUT2D eigenvalue weighted by Crippen LogP contribution is 2.43. The normalized spacial score (nSPS) is 14.5. The Balaban J connectivity index is 3.94. The number of allylic oxidation sites excluding steroid dienone is 20. The third-order valence-corrected chi connectivity index (χ3v) is 11.7. The van der Waals surface area contributed by atoms with Gasteiger partial charge >= 0.3 is 19.8 Å². The summed E-state index contributed by atoms with van der Waals surface area (Å²) in [5, 5.41) is 21.9. The van der Waals surface area contributed by atoms with Gasteiger partial charge in [-0.3, -0.25) is 18.6 Å². The summed E-state index contributed by atoms with van der Waals surface area (Å²) in [5.74, 6) is -2.47. The molecule has 0 saturated heterocycles. The third-order valence-electron chi connectivity index (χ3n) is 10.7. The zero-order valence-corrected chi connectivity index (χ0v) is 44.2. The molecule has 0 bridgehead atoms. The number of carboxylic acids is 1. The maximum Gasteiger partial charge on any atom is 0.472 e. The number of hydrogen-bond acceptors (Lipinski definition) is 8. The van der Waals surface area contributed by atoms with Gasteiger partial charge in [-0.2, -0.15) is 0 Å². The molecule has 0 saturated carbocycles. The van der Waals surface area contributed by atoms with Gasteiger partial charge in [-0.1, -0.05) is 200 Å². The van der Waals surface area contributed by atoms with Gasteiger partial charge in [-0.05, 0) is 103 Å². The molecule has 1 amide bonds. The minimum Gasteiger partial charge on any atom is -0.480 e. The lowest BCUT2D eigenvalue weighted by atomic mass is 10.1. The SMILES string of the molecule is CC/C=C\C/C=C\C/C=C\C/C=C\C/C=C\C/C=C\C/C=C\CCCC(=O)NC(COP(=O)(O)OCC(O)COC(=O)CCCCCCCCCCCC/C=C\C/C=C\C/C=C\CCCCC)C(=O)O. The highest BCUT2D eigenvalue weighted by atomic mass is 31.2. The van der Waals surface area contributed by atoms with Crippen LogP contribution in [0.4, 0.5) is 0 Å². The molecule has 0 fully saturated rings. The van der Waals surface area contributed by atoms with Crippen molar-refractivity contribution in [2.75, 3.05) is 19.8 Å². The highest BCUT2D eigenvalue weighted by molar-refractivity contribution is 7.47. The number of hydrogen-bond donors (Lipinski definition) is 4. The number of phosphoric ester groups is 1. The van der Waals surface area contributed by atoms with Crippen LogP contribution in [0.5, 0.6) is 0 Å². The van der Waals surface area contributed by atoms with E-state index in [1.165, 1.54) is 64.2 Å². The number of rotatable bonds is 48. The van der Waals surface area contributed by atoms with Crippen molar-refractivity contribution in [2.45, 2.75) is 206 Å². The Morgan fingerprint density at radius 1 is 0.471 bits per heavy atom. The molecular weight excluding hydrogens is 902 g/mol. The van der Waals surface area contributed by atoms with Crippen LogP contribution in [-0.4, -0.2) is 64.9 Å². The Bertz CT molecular complexity index is 1640. The second kappa shape index (κ2) is 51.2. The summed E-state index contributed by atoms with van der Waals surface area (Å²) in [6.07, 6.45) is 69.4. The van der Waals surface area contributed by atoms with Gasteiger partial charge in [0.2, 0.25) is 5.91 Å². The van der Waals surface area contributed by atoms with Crippen molar-refractivity contribution in [3.63, 3.8) is 0 Å². The lowest BCUT2D eigenvalue weighted by Crippen LogP contribution is -2.43. The molecule has 0 radical (unpaired) electrons. The molecule has 0 aliphatic rings. The fourth-order valence-electron chi connectivity index (χ4n) is 6.66. The van der Waals surface area contributed by atoms with Crippen molar-refractivity contribution >= 4 is 25.7 Å². The molecule has 11 nitrogen and oxygen atoms in total. The summed E-state index contributed by atoms with van der Waals surface area (Å²) < 4.78 is 26.9. The van der Waals surface area contributed by atoms with Gasteiger partial charge in [0.15, 0.2) is 6.04 Å². The predicted molar refractivity (Wildman–Crippen MR) is 290 cm³/mol. The number of nitrogens with one attached hydrogen (secondary N) is 1. The predicted octanol–water partition coefficient (Wildman–Crippen LogP) is 15.1. The molecule has 12 heteroatoms. The van der Waals surface area contributed by atoms with Crippen LogP contribution in [0, 0.1) is 0 Å². The number of phosphoric acid groups is 1. The molecule has 4 N–H and O–H groups in total. The zero-order chi connectivity index (χ0) is 51.3. The van der Waals surface area contributed by atoms with Crippen LogP contribution >= 0.6 is 7.82 Å². The number of carbonyl (C=O) groups excluding carboxylic acids is 2. The topological polar surface area (TPSA) is 169 Å². The van der Waals surface area contributed by atoms with Gasteiger partial charge < -0.3 is 25.2 Å².